The molecule has 6 nitrogen and oxygen atoms in total. The van der Waals surface area contributed by atoms with Crippen molar-refractivity contribution in [2.75, 3.05) is 13.2 Å². The molecule has 0 aromatic rings. The molecule has 6 heteroatoms. The van der Waals surface area contributed by atoms with Crippen molar-refractivity contribution in [1.29, 1.82) is 0 Å². The molecule has 0 aliphatic rings. The molecule has 0 saturated carbocycles. The second-order valence-corrected chi connectivity index (χ2v) is 24.6. The number of carbonyl (C=O) groups is 2. The lowest BCUT2D eigenvalue weighted by Crippen LogP contribution is -2.45. The summed E-state index contributed by atoms with van der Waals surface area (Å²) in [6.45, 7) is 4.99. The van der Waals surface area contributed by atoms with Crippen LogP contribution in [-0.2, 0) is 14.3 Å². The summed E-state index contributed by atoms with van der Waals surface area (Å²) in [5.74, 6) is -0.0234. The molecule has 0 heterocycles. The molecule has 3 N–H and O–H groups in total. The van der Waals surface area contributed by atoms with E-state index in [4.69, 9.17) is 4.74 Å². The average Bonchev–Trinajstić information content (AvgIpc) is 3.44. The van der Waals surface area contributed by atoms with Crippen molar-refractivity contribution >= 4 is 11.9 Å². The fourth-order valence-electron chi connectivity index (χ4n) is 11.3. The fourth-order valence-corrected chi connectivity index (χ4v) is 11.3. The second-order valence-electron chi connectivity index (χ2n) is 24.6. The third-order valence-corrected chi connectivity index (χ3v) is 16.8. The predicted molar refractivity (Wildman–Crippen MR) is 343 cm³/mol. The van der Waals surface area contributed by atoms with E-state index in [1.165, 1.54) is 321 Å². The summed E-state index contributed by atoms with van der Waals surface area (Å²) in [5.41, 5.74) is 0. The van der Waals surface area contributed by atoms with Gasteiger partial charge in [-0.1, -0.05) is 353 Å². The number of aliphatic hydroxyl groups is 2. The molecule has 462 valence electrons. The van der Waals surface area contributed by atoms with Gasteiger partial charge in [-0.25, -0.2) is 0 Å². The lowest BCUT2D eigenvalue weighted by atomic mass is 10.0. The Morgan fingerprint density at radius 2 is 0.641 bits per heavy atom. The molecule has 0 fully saturated rings. The van der Waals surface area contributed by atoms with Gasteiger partial charge in [-0.3, -0.25) is 9.59 Å². The average molecular weight is 1100 g/mol. The predicted octanol–water partition coefficient (Wildman–Crippen LogP) is 22.9. The Bertz CT molecular complexity index is 1220. The van der Waals surface area contributed by atoms with E-state index < -0.39 is 12.1 Å². The first-order valence-electron chi connectivity index (χ1n) is 35.6. The monoisotopic (exact) mass is 1100 g/mol. The maximum atomic E-state index is 12.5. The largest absolute Gasteiger partial charge is 0.466 e. The molecular weight excluding hydrogens is 959 g/mol. The fraction of sp³-hybridized carbons (Fsp3) is 0.917. The number of hydrogen-bond donors (Lipinski definition) is 3. The highest BCUT2D eigenvalue weighted by atomic mass is 16.5. The Hall–Kier alpha value is -1.66. The van der Waals surface area contributed by atoms with Crippen LogP contribution >= 0.6 is 0 Å². The van der Waals surface area contributed by atoms with Crippen LogP contribution < -0.4 is 5.32 Å². The van der Waals surface area contributed by atoms with Crippen LogP contribution in [0, 0.1) is 0 Å². The molecule has 0 rings (SSSR count). The van der Waals surface area contributed by atoms with Gasteiger partial charge in [0, 0.05) is 12.8 Å². The van der Waals surface area contributed by atoms with Gasteiger partial charge in [0.25, 0.3) is 0 Å². The summed E-state index contributed by atoms with van der Waals surface area (Å²) < 4.78 is 5.50. The zero-order chi connectivity index (χ0) is 56.4. The van der Waals surface area contributed by atoms with Gasteiger partial charge in [0.05, 0.1) is 25.4 Å². The minimum atomic E-state index is -0.669. The molecule has 0 aliphatic heterocycles. The van der Waals surface area contributed by atoms with Gasteiger partial charge in [0.15, 0.2) is 0 Å². The minimum Gasteiger partial charge on any atom is -0.466 e. The summed E-state index contributed by atoms with van der Waals surface area (Å²) in [6.07, 6.45) is 85.1. The van der Waals surface area contributed by atoms with Crippen LogP contribution in [-0.4, -0.2) is 47.4 Å². The first-order valence-corrected chi connectivity index (χ1v) is 35.6. The van der Waals surface area contributed by atoms with Crippen LogP contribution in [0.4, 0.5) is 0 Å². The molecule has 0 bridgehead atoms. The van der Waals surface area contributed by atoms with Crippen molar-refractivity contribution in [1.82, 2.24) is 5.32 Å². The van der Waals surface area contributed by atoms with E-state index in [1.54, 1.807) is 0 Å². The SMILES string of the molecule is CCCCCCCCCCCCCCCCCCCCCC(O)C(CO)NC(=O)CCCCCCCCCCC/C=C\C/C=C\CCCCCCCCCCCOC(=O)CCCCCCCCCCCCCCCCCCC. The van der Waals surface area contributed by atoms with E-state index in [-0.39, 0.29) is 18.5 Å². The number of hydrogen-bond acceptors (Lipinski definition) is 5. The number of rotatable bonds is 67. The maximum absolute atomic E-state index is 12.5. The van der Waals surface area contributed by atoms with Gasteiger partial charge in [0.2, 0.25) is 5.91 Å². The van der Waals surface area contributed by atoms with E-state index in [0.29, 0.717) is 25.9 Å². The normalized spacial score (nSPS) is 12.6. The summed E-state index contributed by atoms with van der Waals surface area (Å²) >= 11 is 0. The smallest absolute Gasteiger partial charge is 0.305 e. The van der Waals surface area contributed by atoms with E-state index in [9.17, 15) is 19.8 Å². The molecule has 0 saturated heterocycles. The summed E-state index contributed by atoms with van der Waals surface area (Å²) in [6, 6.07) is -0.547. The van der Waals surface area contributed by atoms with Gasteiger partial charge < -0.3 is 20.3 Å². The Balaban J connectivity index is 3.41. The molecule has 0 aliphatic carbocycles. The lowest BCUT2D eigenvalue weighted by Gasteiger charge is -2.22. The third-order valence-electron chi connectivity index (χ3n) is 16.8. The molecule has 78 heavy (non-hydrogen) atoms. The van der Waals surface area contributed by atoms with E-state index >= 15 is 0 Å². The standard InChI is InChI=1S/C72H139NO5/c1-3-5-7-9-11-13-15-17-19-21-29-33-36-40-44-48-52-56-60-64-70(75)69(68-74)73-71(76)65-61-57-53-49-45-41-37-34-30-27-25-23-22-24-26-28-31-35-39-43-47-51-55-59-63-67-78-72(77)66-62-58-54-50-46-42-38-32-20-18-16-14-12-10-8-6-4-2/h23-26,69-70,74-75H,3-22,27-68H2,1-2H3,(H,73,76)/b25-23-,26-24-. The van der Waals surface area contributed by atoms with Crippen LogP contribution in [0.2, 0.25) is 0 Å². The van der Waals surface area contributed by atoms with Crippen molar-refractivity contribution in [3.8, 4) is 0 Å². The first-order chi connectivity index (χ1) is 38.5. The van der Waals surface area contributed by atoms with Crippen LogP contribution in [0.25, 0.3) is 0 Å². The molecular formula is C72H139NO5. The quantitative estimate of drug-likeness (QED) is 0.0320. The Kier molecular flexibility index (Phi) is 66.4. The van der Waals surface area contributed by atoms with Crippen LogP contribution in [0.1, 0.15) is 399 Å². The second kappa shape index (κ2) is 67.8. The Morgan fingerprint density at radius 1 is 0.359 bits per heavy atom. The number of nitrogens with one attached hydrogen (secondary N) is 1. The van der Waals surface area contributed by atoms with Gasteiger partial charge in [-0.2, -0.15) is 0 Å². The van der Waals surface area contributed by atoms with Crippen molar-refractivity contribution in [2.45, 2.75) is 411 Å². The van der Waals surface area contributed by atoms with Crippen molar-refractivity contribution < 1.29 is 24.5 Å². The molecule has 2 unspecified atom stereocenters. The Morgan fingerprint density at radius 3 is 0.974 bits per heavy atom. The summed E-state index contributed by atoms with van der Waals surface area (Å²) in [4.78, 5) is 24.6. The zero-order valence-electron chi connectivity index (χ0n) is 52.9. The number of unbranched alkanes of at least 4 members (excludes halogenated alkanes) is 52. The maximum Gasteiger partial charge on any atom is 0.305 e. The van der Waals surface area contributed by atoms with E-state index in [2.05, 4.69) is 43.5 Å². The first kappa shape index (κ1) is 76.3. The van der Waals surface area contributed by atoms with Gasteiger partial charge in [0.1, 0.15) is 0 Å². The Labute approximate surface area is 488 Å². The molecule has 1 amide bonds. The molecule has 0 aromatic heterocycles. The number of esters is 1. The highest BCUT2D eigenvalue weighted by molar-refractivity contribution is 5.76. The van der Waals surface area contributed by atoms with E-state index in [1.807, 2.05) is 0 Å². The number of allylic oxidation sites excluding steroid dienone is 4. The van der Waals surface area contributed by atoms with Crippen molar-refractivity contribution in [3.05, 3.63) is 24.3 Å². The molecule has 0 radical (unpaired) electrons. The molecule has 2 atom stereocenters. The van der Waals surface area contributed by atoms with Gasteiger partial charge >= 0.3 is 5.97 Å². The van der Waals surface area contributed by atoms with Crippen LogP contribution in [0.15, 0.2) is 24.3 Å². The van der Waals surface area contributed by atoms with E-state index in [0.717, 1.165) is 44.9 Å². The molecule has 0 spiro atoms. The summed E-state index contributed by atoms with van der Waals surface area (Å²) in [5, 5.41) is 23.4. The highest BCUT2D eigenvalue weighted by Gasteiger charge is 2.20. The lowest BCUT2D eigenvalue weighted by molar-refractivity contribution is -0.143. The number of aliphatic hydroxyl groups excluding tert-OH is 2. The number of carbonyl (C=O) groups excluding carboxylic acids is 2. The van der Waals surface area contributed by atoms with Crippen LogP contribution in [0.3, 0.4) is 0 Å². The number of amides is 1. The summed E-state index contributed by atoms with van der Waals surface area (Å²) in [7, 11) is 0. The third kappa shape index (κ3) is 63.5. The number of ether oxygens (including phenoxy) is 1. The van der Waals surface area contributed by atoms with Gasteiger partial charge in [-0.15, -0.1) is 0 Å². The van der Waals surface area contributed by atoms with Gasteiger partial charge in [-0.05, 0) is 57.8 Å². The molecule has 0 aromatic carbocycles. The van der Waals surface area contributed by atoms with Crippen molar-refractivity contribution in [3.63, 3.8) is 0 Å². The topological polar surface area (TPSA) is 95.9 Å². The minimum absolute atomic E-state index is 0.0139. The van der Waals surface area contributed by atoms with Crippen molar-refractivity contribution in [2.24, 2.45) is 0 Å². The zero-order valence-corrected chi connectivity index (χ0v) is 52.9. The highest BCUT2D eigenvalue weighted by Crippen LogP contribution is 2.19. The van der Waals surface area contributed by atoms with Crippen LogP contribution in [0.5, 0.6) is 0 Å².